The van der Waals surface area contributed by atoms with E-state index in [1.807, 2.05) is 24.0 Å². The minimum absolute atomic E-state index is 0. The number of benzene rings is 1. The number of rotatable bonds is 4. The number of nitrogens with zero attached hydrogens (tertiary/aromatic N) is 3. The van der Waals surface area contributed by atoms with E-state index in [1.54, 1.807) is 12.1 Å². The van der Waals surface area contributed by atoms with Gasteiger partial charge in [-0.05, 0) is 19.1 Å². The van der Waals surface area contributed by atoms with Crippen LogP contribution < -0.4 is 29.7 Å². The zero-order chi connectivity index (χ0) is 10.4. The van der Waals surface area contributed by atoms with E-state index >= 15 is 0 Å². The monoisotopic (exact) mass is 326 g/mol. The molecule has 1 aromatic carbocycles. The molecule has 0 bridgehead atoms. The van der Waals surface area contributed by atoms with Gasteiger partial charge in [0.15, 0.2) is 4.98 Å². The van der Waals surface area contributed by atoms with Crippen LogP contribution in [0.1, 0.15) is 6.92 Å². The summed E-state index contributed by atoms with van der Waals surface area (Å²) in [5, 5.41) is 17.3. The maximum absolute atomic E-state index is 8.83. The van der Waals surface area contributed by atoms with Crippen molar-refractivity contribution in [1.29, 1.82) is 5.39 Å². The van der Waals surface area contributed by atoms with Crippen LogP contribution in [0.3, 0.4) is 0 Å². The molecule has 0 saturated heterocycles. The van der Waals surface area contributed by atoms with E-state index in [2.05, 4.69) is 4.98 Å². The fourth-order valence-electron chi connectivity index (χ4n) is 1.32. The van der Waals surface area contributed by atoms with Crippen LogP contribution in [-0.2, 0) is 19.5 Å². The van der Waals surface area contributed by atoms with Crippen molar-refractivity contribution in [1.82, 2.24) is 0 Å². The average Bonchev–Trinajstić information content (AvgIpc) is 2.26. The van der Waals surface area contributed by atoms with Crippen molar-refractivity contribution in [3.63, 3.8) is 0 Å². The van der Waals surface area contributed by atoms with E-state index in [1.165, 1.54) is 0 Å². The van der Waals surface area contributed by atoms with Crippen molar-refractivity contribution in [2.75, 3.05) is 24.6 Å². The number of hydrogen-bond donors (Lipinski definition) is 1. The molecule has 0 fully saturated rings. The molecule has 4 nitrogen and oxygen atoms in total. The summed E-state index contributed by atoms with van der Waals surface area (Å²) in [5.74, 6) is 0. The maximum Gasteiger partial charge on any atom is 0.385 e. The van der Waals surface area contributed by atoms with Gasteiger partial charge in [0, 0.05) is 50.4 Å². The van der Waals surface area contributed by atoms with Crippen LogP contribution in [-0.4, -0.2) is 24.8 Å². The van der Waals surface area contributed by atoms with Gasteiger partial charge in [-0.15, -0.1) is 0 Å². The Kier molecular flexibility index (Phi) is 15.5. The Labute approximate surface area is 127 Å². The zero-order valence-corrected chi connectivity index (χ0v) is 14.2. The van der Waals surface area contributed by atoms with Gasteiger partial charge in [0.25, 0.3) is 0 Å². The summed E-state index contributed by atoms with van der Waals surface area (Å²) in [5.41, 5.74) is 1.56. The van der Waals surface area contributed by atoms with Crippen molar-refractivity contribution in [2.45, 2.75) is 6.92 Å². The third-order valence-electron chi connectivity index (χ3n) is 2.08. The zero-order valence-electron chi connectivity index (χ0n) is 9.68. The molecule has 0 saturated carbocycles. The first kappa shape index (κ1) is 21.8. The Morgan fingerprint density at radius 3 is 2.12 bits per heavy atom. The number of halogens is 2. The number of hydrogen-bond acceptors (Lipinski definition) is 3. The molecule has 0 heterocycles. The Bertz CT molecular complexity index is 329. The largest absolute Gasteiger partial charge is 1.00 e. The number of likely N-dealkylation sites (N-methyl/N-ethyl adjacent to an activating group) is 1. The fourth-order valence-corrected chi connectivity index (χ4v) is 1.32. The van der Waals surface area contributed by atoms with Gasteiger partial charge in [0.1, 0.15) is 0 Å². The number of aliphatic hydroxyl groups is 1. The molecule has 0 amide bonds. The van der Waals surface area contributed by atoms with Crippen molar-refractivity contribution in [3.8, 4) is 0 Å². The summed E-state index contributed by atoms with van der Waals surface area (Å²) < 4.78 is 0. The summed E-state index contributed by atoms with van der Waals surface area (Å²) in [6, 6.07) is 7.20. The van der Waals surface area contributed by atoms with Gasteiger partial charge in [-0.2, -0.15) is 0 Å². The van der Waals surface area contributed by atoms with E-state index in [4.69, 9.17) is 10.5 Å². The summed E-state index contributed by atoms with van der Waals surface area (Å²) in [6.07, 6.45) is 0. The molecule has 0 aliphatic rings. The molecule has 0 spiro atoms. The molecule has 7 heteroatoms. The van der Waals surface area contributed by atoms with Crippen LogP contribution in [0.15, 0.2) is 24.3 Å². The summed E-state index contributed by atoms with van der Waals surface area (Å²) in [4.78, 5) is 5.12. The van der Waals surface area contributed by atoms with Gasteiger partial charge in [-0.3, -0.25) is 0 Å². The minimum Gasteiger partial charge on any atom is -1.00 e. The standard InChI is InChI=1S/C10H14N3O.2ClH.Zn/c1-2-13(7-8-14)10-5-3-9(12-11)4-6-10;;;/h3-6,14H,2,7-8H2,1H3;2*1H;/q+1;;;/p-2. The number of aliphatic hydroxyl groups excluding tert-OH is 1. The second kappa shape index (κ2) is 12.1. The van der Waals surface area contributed by atoms with Gasteiger partial charge in [-0.1, -0.05) is 0 Å². The first-order chi connectivity index (χ1) is 6.81. The molecule has 1 rings (SSSR count). The van der Waals surface area contributed by atoms with Crippen molar-refractivity contribution < 1.29 is 49.4 Å². The average molecular weight is 329 g/mol. The maximum atomic E-state index is 8.83. The Hall–Kier alpha value is -0.397. The molecule has 1 aromatic rings. The molecule has 0 aromatic heterocycles. The molecular formula is C10H14Cl2N3OZn-. The predicted molar refractivity (Wildman–Crippen MR) is 56.2 cm³/mol. The predicted octanol–water partition coefficient (Wildman–Crippen LogP) is -4.00. The van der Waals surface area contributed by atoms with Crippen LogP contribution in [0.25, 0.3) is 4.98 Å². The molecule has 0 radical (unpaired) electrons. The summed E-state index contributed by atoms with van der Waals surface area (Å²) in [7, 11) is 0. The molecule has 17 heavy (non-hydrogen) atoms. The SMILES string of the molecule is CCN(CCO)c1ccc([N+]#N)cc1.[Cl-].[Cl-].[Zn]. The Morgan fingerprint density at radius 2 is 1.76 bits per heavy atom. The van der Waals surface area contributed by atoms with Gasteiger partial charge >= 0.3 is 5.69 Å². The third kappa shape index (κ3) is 6.80. The van der Waals surface area contributed by atoms with Crippen molar-refractivity contribution in [2.24, 2.45) is 0 Å². The van der Waals surface area contributed by atoms with E-state index in [0.29, 0.717) is 12.2 Å². The second-order valence-electron chi connectivity index (χ2n) is 2.92. The van der Waals surface area contributed by atoms with Crippen molar-refractivity contribution >= 4 is 11.4 Å². The van der Waals surface area contributed by atoms with Crippen LogP contribution in [0.4, 0.5) is 11.4 Å². The smallest absolute Gasteiger partial charge is 0.385 e. The van der Waals surface area contributed by atoms with Crippen molar-refractivity contribution in [3.05, 3.63) is 29.2 Å². The molecule has 0 atom stereocenters. The summed E-state index contributed by atoms with van der Waals surface area (Å²) in [6.45, 7) is 3.63. The van der Waals surface area contributed by atoms with Gasteiger partial charge in [-0.25, -0.2) is 0 Å². The Balaban J connectivity index is -0.000000653. The van der Waals surface area contributed by atoms with E-state index in [0.717, 1.165) is 12.2 Å². The molecule has 0 aliphatic carbocycles. The van der Waals surface area contributed by atoms with Gasteiger partial charge < -0.3 is 34.8 Å². The van der Waals surface area contributed by atoms with Gasteiger partial charge in [0.2, 0.25) is 5.39 Å². The van der Waals surface area contributed by atoms with Crippen LogP contribution in [0.2, 0.25) is 0 Å². The first-order valence-corrected chi connectivity index (χ1v) is 4.62. The molecule has 92 valence electrons. The molecule has 0 aliphatic heterocycles. The number of diazo groups is 1. The number of anilines is 1. The first-order valence-electron chi connectivity index (χ1n) is 4.62. The molecule has 1 N–H and O–H groups in total. The fraction of sp³-hybridized carbons (Fsp3) is 0.400. The van der Waals surface area contributed by atoms with Crippen LogP contribution in [0, 0.1) is 5.39 Å². The van der Waals surface area contributed by atoms with Gasteiger partial charge in [0.05, 0.1) is 6.61 Å². The molecule has 0 unspecified atom stereocenters. The van der Waals surface area contributed by atoms with E-state index in [-0.39, 0.29) is 50.9 Å². The normalized spacial score (nSPS) is 7.82. The van der Waals surface area contributed by atoms with E-state index in [9.17, 15) is 0 Å². The van der Waals surface area contributed by atoms with E-state index < -0.39 is 0 Å². The second-order valence-corrected chi connectivity index (χ2v) is 2.92. The summed E-state index contributed by atoms with van der Waals surface area (Å²) >= 11 is 0. The minimum atomic E-state index is 0. The quantitative estimate of drug-likeness (QED) is 0.453. The molecular weight excluding hydrogens is 314 g/mol. The third-order valence-corrected chi connectivity index (χ3v) is 2.08. The Morgan fingerprint density at radius 1 is 1.24 bits per heavy atom. The van der Waals surface area contributed by atoms with Crippen LogP contribution in [0.5, 0.6) is 0 Å². The topological polar surface area (TPSA) is 51.6 Å². The van der Waals surface area contributed by atoms with Crippen LogP contribution >= 0.6 is 0 Å².